The smallest absolute Gasteiger partial charge is 0.163 e. The summed E-state index contributed by atoms with van der Waals surface area (Å²) in [4.78, 5) is 0. The van der Waals surface area contributed by atoms with Gasteiger partial charge in [0, 0.05) is 19.6 Å². The number of aliphatic hydroxyl groups is 1. The van der Waals surface area contributed by atoms with Crippen molar-refractivity contribution in [2.75, 3.05) is 13.2 Å². The lowest BCUT2D eigenvalue weighted by Gasteiger charge is -2.31. The van der Waals surface area contributed by atoms with Crippen LogP contribution in [0.3, 0.4) is 0 Å². The standard InChI is InChI=1S/C14H25N3O3/c1-3-19-13(20-4-2)10-12-11-17(16-15-12)14(18)8-6-5-7-9-14/h11,13,18H,3-10H2,1-2H3. The second-order valence-electron chi connectivity index (χ2n) is 5.24. The van der Waals surface area contributed by atoms with E-state index in [-0.39, 0.29) is 6.29 Å². The normalized spacial score (nSPS) is 18.6. The van der Waals surface area contributed by atoms with Crippen molar-refractivity contribution in [3.05, 3.63) is 11.9 Å². The maximum absolute atomic E-state index is 10.6. The third-order valence-corrected chi connectivity index (χ3v) is 3.70. The number of hydrogen-bond acceptors (Lipinski definition) is 5. The topological polar surface area (TPSA) is 69.4 Å². The maximum atomic E-state index is 10.6. The van der Waals surface area contributed by atoms with Crippen LogP contribution in [0.5, 0.6) is 0 Å². The Balaban J connectivity index is 2.00. The van der Waals surface area contributed by atoms with E-state index in [0.29, 0.717) is 19.6 Å². The molecular weight excluding hydrogens is 258 g/mol. The zero-order chi connectivity index (χ0) is 14.4. The number of nitrogens with zero attached hydrogens (tertiary/aromatic N) is 3. The van der Waals surface area contributed by atoms with Crippen molar-refractivity contribution in [1.29, 1.82) is 0 Å². The summed E-state index contributed by atoms with van der Waals surface area (Å²) >= 11 is 0. The van der Waals surface area contributed by atoms with Gasteiger partial charge in [0.15, 0.2) is 12.0 Å². The molecule has 1 heterocycles. The Labute approximate surface area is 120 Å². The molecule has 0 atom stereocenters. The fraction of sp³-hybridized carbons (Fsp3) is 0.857. The summed E-state index contributed by atoms with van der Waals surface area (Å²) in [6, 6.07) is 0. The second kappa shape index (κ2) is 7.15. The molecular formula is C14H25N3O3. The molecule has 0 unspecified atom stereocenters. The third-order valence-electron chi connectivity index (χ3n) is 3.70. The van der Waals surface area contributed by atoms with E-state index in [4.69, 9.17) is 9.47 Å². The molecule has 0 bridgehead atoms. The maximum Gasteiger partial charge on any atom is 0.163 e. The van der Waals surface area contributed by atoms with E-state index < -0.39 is 5.72 Å². The molecule has 0 aromatic carbocycles. The Hall–Kier alpha value is -0.980. The number of hydrogen-bond donors (Lipinski definition) is 1. The molecule has 1 aliphatic carbocycles. The van der Waals surface area contributed by atoms with Gasteiger partial charge in [-0.25, -0.2) is 4.68 Å². The minimum absolute atomic E-state index is 0.295. The average Bonchev–Trinajstić information content (AvgIpc) is 2.89. The van der Waals surface area contributed by atoms with E-state index >= 15 is 0 Å². The molecule has 1 saturated carbocycles. The van der Waals surface area contributed by atoms with E-state index in [1.165, 1.54) is 6.42 Å². The Kier molecular flexibility index (Phi) is 5.51. The predicted molar refractivity (Wildman–Crippen MR) is 74.0 cm³/mol. The van der Waals surface area contributed by atoms with Crippen LogP contribution < -0.4 is 0 Å². The fourth-order valence-electron chi connectivity index (χ4n) is 2.65. The van der Waals surface area contributed by atoms with E-state index in [2.05, 4.69) is 10.3 Å². The lowest BCUT2D eigenvalue weighted by molar-refractivity contribution is -0.135. The highest BCUT2D eigenvalue weighted by atomic mass is 16.7. The average molecular weight is 283 g/mol. The van der Waals surface area contributed by atoms with Gasteiger partial charge in [-0.15, -0.1) is 5.10 Å². The highest BCUT2D eigenvalue weighted by Crippen LogP contribution is 2.31. The summed E-state index contributed by atoms with van der Waals surface area (Å²) in [5.41, 5.74) is -0.0770. The molecule has 20 heavy (non-hydrogen) atoms. The minimum atomic E-state index is -0.865. The van der Waals surface area contributed by atoms with Crippen LogP contribution in [0.4, 0.5) is 0 Å². The lowest BCUT2D eigenvalue weighted by atomic mass is 9.92. The van der Waals surface area contributed by atoms with E-state index in [1.807, 2.05) is 20.0 Å². The SMILES string of the molecule is CCOC(Cc1cn(C2(O)CCCCC2)nn1)OCC. The fourth-order valence-corrected chi connectivity index (χ4v) is 2.65. The molecule has 1 aliphatic rings. The molecule has 1 aromatic heterocycles. The first-order valence-electron chi connectivity index (χ1n) is 7.55. The van der Waals surface area contributed by atoms with Crippen LogP contribution in [-0.2, 0) is 21.6 Å². The summed E-state index contributed by atoms with van der Waals surface area (Å²) in [6.07, 6.45) is 6.82. The van der Waals surface area contributed by atoms with Gasteiger partial charge in [0.25, 0.3) is 0 Å². The predicted octanol–water partition coefficient (Wildman–Crippen LogP) is 1.83. The Morgan fingerprint density at radius 2 is 1.90 bits per heavy atom. The molecule has 1 aromatic rings. The zero-order valence-corrected chi connectivity index (χ0v) is 12.4. The van der Waals surface area contributed by atoms with Gasteiger partial charge in [-0.05, 0) is 39.5 Å². The summed E-state index contributed by atoms with van der Waals surface area (Å²) in [5.74, 6) is 0. The van der Waals surface area contributed by atoms with Gasteiger partial charge in [-0.3, -0.25) is 0 Å². The second-order valence-corrected chi connectivity index (χ2v) is 5.24. The van der Waals surface area contributed by atoms with Gasteiger partial charge >= 0.3 is 0 Å². The molecule has 6 nitrogen and oxygen atoms in total. The van der Waals surface area contributed by atoms with Crippen molar-refractivity contribution >= 4 is 0 Å². The molecule has 2 rings (SSSR count). The van der Waals surface area contributed by atoms with Crippen LogP contribution in [0.25, 0.3) is 0 Å². The zero-order valence-electron chi connectivity index (χ0n) is 12.4. The van der Waals surface area contributed by atoms with Crippen molar-refractivity contribution in [2.45, 2.75) is 64.4 Å². The molecule has 0 spiro atoms. The first-order chi connectivity index (χ1) is 9.68. The van der Waals surface area contributed by atoms with E-state index in [0.717, 1.165) is 31.4 Å². The molecule has 114 valence electrons. The molecule has 0 aliphatic heterocycles. The summed E-state index contributed by atoms with van der Waals surface area (Å²) in [5, 5.41) is 18.8. The number of rotatable bonds is 7. The van der Waals surface area contributed by atoms with Crippen LogP contribution in [0.15, 0.2) is 6.20 Å². The lowest BCUT2D eigenvalue weighted by Crippen LogP contribution is -2.36. The Morgan fingerprint density at radius 3 is 2.50 bits per heavy atom. The highest BCUT2D eigenvalue weighted by Gasteiger charge is 2.32. The highest BCUT2D eigenvalue weighted by molar-refractivity contribution is 4.96. The van der Waals surface area contributed by atoms with Crippen LogP contribution >= 0.6 is 0 Å². The van der Waals surface area contributed by atoms with Crippen molar-refractivity contribution < 1.29 is 14.6 Å². The van der Waals surface area contributed by atoms with Crippen molar-refractivity contribution in [2.24, 2.45) is 0 Å². The summed E-state index contributed by atoms with van der Waals surface area (Å²) < 4.78 is 12.6. The number of ether oxygens (including phenoxy) is 2. The van der Waals surface area contributed by atoms with Crippen molar-refractivity contribution in [3.8, 4) is 0 Å². The van der Waals surface area contributed by atoms with Gasteiger partial charge in [0.2, 0.25) is 0 Å². The quantitative estimate of drug-likeness (QED) is 0.773. The van der Waals surface area contributed by atoms with E-state index in [9.17, 15) is 5.11 Å². The Morgan fingerprint density at radius 1 is 1.25 bits per heavy atom. The van der Waals surface area contributed by atoms with E-state index in [1.54, 1.807) is 4.68 Å². The molecule has 0 amide bonds. The minimum Gasteiger partial charge on any atom is -0.369 e. The van der Waals surface area contributed by atoms with Crippen LogP contribution in [0.1, 0.15) is 51.6 Å². The Bertz CT molecular complexity index is 396. The molecule has 6 heteroatoms. The van der Waals surface area contributed by atoms with Crippen molar-refractivity contribution in [1.82, 2.24) is 15.0 Å². The van der Waals surface area contributed by atoms with Gasteiger partial charge in [-0.2, -0.15) is 0 Å². The largest absolute Gasteiger partial charge is 0.369 e. The van der Waals surface area contributed by atoms with Gasteiger partial charge in [-0.1, -0.05) is 11.6 Å². The monoisotopic (exact) mass is 283 g/mol. The first kappa shape index (κ1) is 15.4. The van der Waals surface area contributed by atoms with Gasteiger partial charge in [0.05, 0.1) is 11.9 Å². The van der Waals surface area contributed by atoms with Crippen LogP contribution in [-0.4, -0.2) is 39.6 Å². The molecule has 0 radical (unpaired) electrons. The van der Waals surface area contributed by atoms with Gasteiger partial charge < -0.3 is 14.6 Å². The summed E-state index contributed by atoms with van der Waals surface area (Å²) in [7, 11) is 0. The number of aromatic nitrogens is 3. The molecule has 0 saturated heterocycles. The first-order valence-corrected chi connectivity index (χ1v) is 7.55. The third kappa shape index (κ3) is 3.77. The van der Waals surface area contributed by atoms with Crippen LogP contribution in [0.2, 0.25) is 0 Å². The molecule has 1 N–H and O–H groups in total. The summed E-state index contributed by atoms with van der Waals surface area (Å²) in [6.45, 7) is 5.08. The van der Waals surface area contributed by atoms with Crippen molar-refractivity contribution in [3.63, 3.8) is 0 Å². The van der Waals surface area contributed by atoms with Gasteiger partial charge in [0.1, 0.15) is 0 Å². The van der Waals surface area contributed by atoms with Crippen LogP contribution in [0, 0.1) is 0 Å². The molecule has 1 fully saturated rings.